The van der Waals surface area contributed by atoms with Crippen molar-refractivity contribution >= 4 is 18.2 Å². The largest absolute Gasteiger partial charge is 0.480 e. The van der Waals surface area contributed by atoms with Gasteiger partial charge in [0.2, 0.25) is 0 Å². The summed E-state index contributed by atoms with van der Waals surface area (Å²) in [5.74, 6) is -1.28. The lowest BCUT2D eigenvalue weighted by Gasteiger charge is -2.28. The van der Waals surface area contributed by atoms with Crippen molar-refractivity contribution in [3.63, 3.8) is 0 Å². The molecule has 192 valence electrons. The van der Waals surface area contributed by atoms with Crippen LogP contribution in [-0.2, 0) is 14.3 Å². The van der Waals surface area contributed by atoms with Crippen molar-refractivity contribution in [1.82, 2.24) is 15.8 Å². The molecule has 0 saturated carbocycles. The molecule has 1 fully saturated rings. The number of amides is 2. The van der Waals surface area contributed by atoms with Crippen LogP contribution in [-0.4, -0.2) is 59.1 Å². The van der Waals surface area contributed by atoms with E-state index in [4.69, 9.17) is 9.47 Å². The summed E-state index contributed by atoms with van der Waals surface area (Å²) < 4.78 is 10.8. The molecule has 36 heavy (non-hydrogen) atoms. The number of carbonyl (C=O) groups is 3. The molecule has 1 saturated heterocycles. The topological polar surface area (TPSA) is 117 Å². The van der Waals surface area contributed by atoms with Crippen LogP contribution in [0, 0.1) is 0 Å². The van der Waals surface area contributed by atoms with Gasteiger partial charge in [0.1, 0.15) is 18.2 Å². The molecular weight excluding hydrogens is 462 g/mol. The van der Waals surface area contributed by atoms with E-state index in [1.54, 1.807) is 25.8 Å². The number of nitrogens with zero attached hydrogens (tertiary/aromatic N) is 1. The first kappa shape index (κ1) is 25.5. The van der Waals surface area contributed by atoms with Crippen molar-refractivity contribution in [2.45, 2.75) is 63.6 Å². The first-order chi connectivity index (χ1) is 17.1. The molecule has 9 heteroatoms. The van der Waals surface area contributed by atoms with Crippen LogP contribution in [0.5, 0.6) is 0 Å². The van der Waals surface area contributed by atoms with Crippen LogP contribution in [0.25, 0.3) is 11.1 Å². The van der Waals surface area contributed by atoms with Crippen LogP contribution in [0.15, 0.2) is 48.5 Å². The van der Waals surface area contributed by atoms with Gasteiger partial charge in [0, 0.05) is 18.5 Å². The van der Waals surface area contributed by atoms with E-state index in [0.29, 0.717) is 13.0 Å². The van der Waals surface area contributed by atoms with Crippen LogP contribution >= 0.6 is 0 Å². The summed E-state index contributed by atoms with van der Waals surface area (Å²) in [6.07, 6.45) is 0.221. The van der Waals surface area contributed by atoms with E-state index < -0.39 is 29.8 Å². The second kappa shape index (κ2) is 10.6. The van der Waals surface area contributed by atoms with Crippen molar-refractivity contribution in [2.24, 2.45) is 0 Å². The zero-order valence-electron chi connectivity index (χ0n) is 20.8. The Hall–Kier alpha value is -3.59. The summed E-state index contributed by atoms with van der Waals surface area (Å²) >= 11 is 0. The van der Waals surface area contributed by atoms with E-state index >= 15 is 0 Å². The predicted octanol–water partition coefficient (Wildman–Crippen LogP) is 4.27. The molecule has 1 aliphatic carbocycles. The molecule has 0 unspecified atom stereocenters. The fourth-order valence-corrected chi connectivity index (χ4v) is 4.92. The third-order valence-electron chi connectivity index (χ3n) is 6.45. The zero-order valence-corrected chi connectivity index (χ0v) is 20.8. The van der Waals surface area contributed by atoms with Gasteiger partial charge in [-0.15, -0.1) is 0 Å². The van der Waals surface area contributed by atoms with Gasteiger partial charge in [-0.2, -0.15) is 0 Å². The molecule has 0 spiro atoms. The fourth-order valence-electron chi connectivity index (χ4n) is 4.92. The molecule has 2 atom stereocenters. The Balaban J connectivity index is 1.35. The minimum absolute atomic E-state index is 0.0992. The minimum Gasteiger partial charge on any atom is -0.480 e. The molecule has 3 N–H and O–H groups in total. The van der Waals surface area contributed by atoms with Crippen LogP contribution in [0.4, 0.5) is 9.59 Å². The van der Waals surface area contributed by atoms with Crippen molar-refractivity contribution in [3.8, 4) is 11.1 Å². The molecule has 0 bridgehead atoms. The number of aliphatic carboxylic acids is 1. The first-order valence-corrected chi connectivity index (χ1v) is 12.2. The van der Waals surface area contributed by atoms with Gasteiger partial charge in [0.05, 0.1) is 0 Å². The number of carbonyl (C=O) groups excluding carboxylic acids is 2. The highest BCUT2D eigenvalue weighted by Gasteiger charge is 2.34. The summed E-state index contributed by atoms with van der Waals surface area (Å²) in [7, 11) is 0. The number of fused-ring (bicyclic) bond motifs is 3. The van der Waals surface area contributed by atoms with Gasteiger partial charge in [-0.05, 0) is 62.3 Å². The molecule has 9 nitrogen and oxygen atoms in total. The summed E-state index contributed by atoms with van der Waals surface area (Å²) in [4.78, 5) is 36.7. The predicted molar refractivity (Wildman–Crippen MR) is 133 cm³/mol. The lowest BCUT2D eigenvalue weighted by molar-refractivity contribution is -0.139. The molecule has 0 aromatic heterocycles. The van der Waals surface area contributed by atoms with Gasteiger partial charge in [0.25, 0.3) is 0 Å². The average Bonchev–Trinajstić information content (AvgIpc) is 3.37. The van der Waals surface area contributed by atoms with E-state index in [1.165, 1.54) is 0 Å². The molecular formula is C27H33N3O6. The number of nitrogens with one attached hydrogen (secondary N) is 2. The quantitative estimate of drug-likeness (QED) is 0.525. The number of hydrogen-bond donors (Lipinski definition) is 3. The van der Waals surface area contributed by atoms with Crippen molar-refractivity contribution in [1.29, 1.82) is 0 Å². The Bertz CT molecular complexity index is 1080. The number of benzene rings is 2. The smallest absolute Gasteiger partial charge is 0.422 e. The molecule has 2 amide bonds. The normalized spacial score (nSPS) is 18.1. The van der Waals surface area contributed by atoms with Crippen molar-refractivity contribution in [2.75, 3.05) is 13.2 Å². The number of rotatable bonds is 7. The highest BCUT2D eigenvalue weighted by molar-refractivity contribution is 5.81. The SMILES string of the molecule is CC(C)(C)OC(=O)NN1CCC[C@H]1C[C@@H](NC(=O)OCC1c2ccccc2-c2ccccc21)C(=O)O. The van der Waals surface area contributed by atoms with Crippen LogP contribution < -0.4 is 10.7 Å². The Morgan fingerprint density at radius 3 is 2.22 bits per heavy atom. The standard InChI is InChI=1S/C27H33N3O6/c1-27(2,3)36-26(34)29-30-14-8-9-17(30)15-23(24(31)32)28-25(33)35-16-22-20-12-6-4-10-18(20)19-11-5-7-13-21(19)22/h4-7,10-13,17,22-23H,8-9,14-16H2,1-3H3,(H,28,33)(H,29,34)(H,31,32)/t17-,23+/m0/s1. The Morgan fingerprint density at radius 2 is 1.64 bits per heavy atom. The average molecular weight is 496 g/mol. The van der Waals surface area contributed by atoms with Gasteiger partial charge >= 0.3 is 18.2 Å². The Kier molecular flexibility index (Phi) is 7.49. The lowest BCUT2D eigenvalue weighted by Crippen LogP contribution is -2.51. The summed E-state index contributed by atoms with van der Waals surface area (Å²) in [6, 6.07) is 14.6. The molecule has 2 aromatic rings. The Morgan fingerprint density at radius 1 is 1.03 bits per heavy atom. The zero-order chi connectivity index (χ0) is 25.9. The second-order valence-electron chi connectivity index (χ2n) is 10.2. The van der Waals surface area contributed by atoms with E-state index in [-0.39, 0.29) is 25.0 Å². The summed E-state index contributed by atoms with van der Waals surface area (Å²) in [6.45, 7) is 5.98. The van der Waals surface area contributed by atoms with E-state index in [9.17, 15) is 19.5 Å². The molecule has 1 heterocycles. The maximum atomic E-state index is 12.6. The molecule has 4 rings (SSSR count). The van der Waals surface area contributed by atoms with Gasteiger partial charge in [-0.3, -0.25) is 5.43 Å². The summed E-state index contributed by atoms with van der Waals surface area (Å²) in [5.41, 5.74) is 6.44. The van der Waals surface area contributed by atoms with Gasteiger partial charge in [-0.1, -0.05) is 48.5 Å². The molecule has 0 radical (unpaired) electrons. The molecule has 1 aliphatic heterocycles. The second-order valence-corrected chi connectivity index (χ2v) is 10.2. The van der Waals surface area contributed by atoms with Gasteiger partial charge in [0.15, 0.2) is 0 Å². The van der Waals surface area contributed by atoms with Gasteiger partial charge in [-0.25, -0.2) is 19.4 Å². The number of hydrazine groups is 1. The van der Waals surface area contributed by atoms with Crippen molar-refractivity contribution < 1.29 is 29.0 Å². The number of ether oxygens (including phenoxy) is 2. The van der Waals surface area contributed by atoms with Crippen LogP contribution in [0.1, 0.15) is 57.1 Å². The fraction of sp³-hybridized carbons (Fsp3) is 0.444. The van der Waals surface area contributed by atoms with Crippen LogP contribution in [0.3, 0.4) is 0 Å². The van der Waals surface area contributed by atoms with E-state index in [0.717, 1.165) is 28.7 Å². The third-order valence-corrected chi connectivity index (χ3v) is 6.45. The van der Waals surface area contributed by atoms with Gasteiger partial charge < -0.3 is 19.9 Å². The maximum Gasteiger partial charge on any atom is 0.422 e. The van der Waals surface area contributed by atoms with E-state index in [2.05, 4.69) is 10.7 Å². The highest BCUT2D eigenvalue weighted by Crippen LogP contribution is 2.44. The monoisotopic (exact) mass is 495 g/mol. The molecule has 2 aliphatic rings. The maximum absolute atomic E-state index is 12.6. The summed E-state index contributed by atoms with van der Waals surface area (Å²) in [5, 5.41) is 13.9. The van der Waals surface area contributed by atoms with E-state index in [1.807, 2.05) is 48.5 Å². The van der Waals surface area contributed by atoms with Crippen LogP contribution in [0.2, 0.25) is 0 Å². The number of hydrogen-bond acceptors (Lipinski definition) is 6. The number of alkyl carbamates (subject to hydrolysis) is 1. The minimum atomic E-state index is -1.16. The number of carboxylic acids is 1. The number of carboxylic acid groups (broad SMARTS) is 1. The molecule has 2 aromatic carbocycles. The highest BCUT2D eigenvalue weighted by atomic mass is 16.6. The Labute approximate surface area is 210 Å². The lowest BCUT2D eigenvalue weighted by atomic mass is 9.98. The third kappa shape index (κ3) is 5.96. The first-order valence-electron chi connectivity index (χ1n) is 12.2. The van der Waals surface area contributed by atoms with Crippen molar-refractivity contribution in [3.05, 3.63) is 59.7 Å².